The highest BCUT2D eigenvalue weighted by atomic mass is 16.6. The molecule has 2 aliphatic heterocycles. The molecule has 3 aromatic rings. The van der Waals surface area contributed by atoms with Crippen LogP contribution < -0.4 is 14.5 Å². The molecule has 1 amide bonds. The van der Waals surface area contributed by atoms with Crippen molar-refractivity contribution in [3.8, 4) is 11.9 Å². The third-order valence-corrected chi connectivity index (χ3v) is 6.08. The van der Waals surface area contributed by atoms with Gasteiger partial charge in [0.05, 0.1) is 36.5 Å². The highest BCUT2D eigenvalue weighted by Gasteiger charge is 2.34. The number of nitriles is 1. The average molecular weight is 444 g/mol. The van der Waals surface area contributed by atoms with Crippen molar-refractivity contribution in [3.63, 3.8) is 0 Å². The van der Waals surface area contributed by atoms with Crippen molar-refractivity contribution in [1.82, 2.24) is 14.9 Å². The van der Waals surface area contributed by atoms with Crippen molar-refractivity contribution >= 4 is 28.5 Å². The number of anilines is 2. The summed E-state index contributed by atoms with van der Waals surface area (Å²) in [5.41, 5.74) is 3.95. The van der Waals surface area contributed by atoms with Crippen molar-refractivity contribution in [1.29, 1.82) is 5.26 Å². The van der Waals surface area contributed by atoms with Gasteiger partial charge in [-0.15, -0.1) is 0 Å². The summed E-state index contributed by atoms with van der Waals surface area (Å²) in [5, 5.41) is 9.12. The molecule has 9 heteroatoms. The predicted octanol–water partition coefficient (Wildman–Crippen LogP) is 2.66. The van der Waals surface area contributed by atoms with Gasteiger partial charge in [-0.1, -0.05) is 6.07 Å². The van der Waals surface area contributed by atoms with E-state index < -0.39 is 0 Å². The van der Waals surface area contributed by atoms with E-state index in [0.29, 0.717) is 30.2 Å². The Balaban J connectivity index is 1.21. The van der Waals surface area contributed by atoms with Gasteiger partial charge in [0, 0.05) is 50.7 Å². The number of rotatable bonds is 5. The maximum Gasteiger partial charge on any atom is 0.414 e. The largest absolute Gasteiger partial charge is 0.481 e. The minimum absolute atomic E-state index is 0.206. The fourth-order valence-electron chi connectivity index (χ4n) is 4.39. The molecule has 168 valence electrons. The summed E-state index contributed by atoms with van der Waals surface area (Å²) >= 11 is 0. The zero-order chi connectivity index (χ0) is 22.8. The number of piperazine rings is 1. The fraction of sp³-hybridized carbons (Fsp3) is 0.333. The molecule has 0 unspecified atom stereocenters. The molecule has 1 atom stereocenters. The molecule has 0 spiro atoms. The van der Waals surface area contributed by atoms with Gasteiger partial charge in [-0.3, -0.25) is 14.8 Å². The van der Waals surface area contributed by atoms with Gasteiger partial charge in [0.1, 0.15) is 11.6 Å². The Morgan fingerprint density at radius 2 is 2.03 bits per heavy atom. The first-order valence-corrected chi connectivity index (χ1v) is 10.9. The lowest BCUT2D eigenvalue weighted by Crippen LogP contribution is -2.49. The van der Waals surface area contributed by atoms with Crippen LogP contribution in [0.25, 0.3) is 11.0 Å². The number of pyridine rings is 2. The molecule has 9 nitrogen and oxygen atoms in total. The van der Waals surface area contributed by atoms with Gasteiger partial charge < -0.3 is 14.4 Å². The van der Waals surface area contributed by atoms with Crippen LogP contribution in [-0.4, -0.2) is 73.4 Å². The lowest BCUT2D eigenvalue weighted by molar-refractivity contribution is 0.106. The first-order valence-electron chi connectivity index (χ1n) is 10.9. The monoisotopic (exact) mass is 444 g/mol. The molecule has 1 aromatic carbocycles. The highest BCUT2D eigenvalue weighted by Crippen LogP contribution is 2.27. The molecule has 2 aromatic heterocycles. The van der Waals surface area contributed by atoms with Crippen LogP contribution in [0.1, 0.15) is 5.56 Å². The zero-order valence-corrected chi connectivity index (χ0v) is 18.3. The minimum atomic E-state index is -0.364. The topological polar surface area (TPSA) is 94.8 Å². The SMILES string of the molecule is COc1ccc2nccc(N3CCN(C[C@@H]4CN(c5cccc(C#N)c5)C(=O)O4)CC3)c2n1. The molecule has 33 heavy (non-hydrogen) atoms. The quantitative estimate of drug-likeness (QED) is 0.593. The van der Waals surface area contributed by atoms with E-state index in [2.05, 4.69) is 25.8 Å². The molecule has 2 fully saturated rings. The molecule has 2 aliphatic rings. The van der Waals surface area contributed by atoms with E-state index in [4.69, 9.17) is 14.7 Å². The van der Waals surface area contributed by atoms with Crippen LogP contribution in [0.5, 0.6) is 5.88 Å². The normalized spacial score (nSPS) is 18.9. The Hall–Kier alpha value is -3.90. The van der Waals surface area contributed by atoms with Gasteiger partial charge in [0.2, 0.25) is 5.88 Å². The lowest BCUT2D eigenvalue weighted by Gasteiger charge is -2.36. The third kappa shape index (κ3) is 4.25. The van der Waals surface area contributed by atoms with E-state index >= 15 is 0 Å². The van der Waals surface area contributed by atoms with Crippen LogP contribution >= 0.6 is 0 Å². The van der Waals surface area contributed by atoms with Crippen LogP contribution in [0.15, 0.2) is 48.7 Å². The van der Waals surface area contributed by atoms with Crippen LogP contribution in [0, 0.1) is 11.3 Å². The van der Waals surface area contributed by atoms with Gasteiger partial charge in [-0.2, -0.15) is 5.26 Å². The van der Waals surface area contributed by atoms with Gasteiger partial charge in [-0.05, 0) is 30.3 Å². The summed E-state index contributed by atoms with van der Waals surface area (Å²) in [4.78, 5) is 27.7. The van der Waals surface area contributed by atoms with Gasteiger partial charge in [0.25, 0.3) is 0 Å². The first kappa shape index (κ1) is 21.0. The van der Waals surface area contributed by atoms with E-state index in [1.165, 1.54) is 0 Å². The van der Waals surface area contributed by atoms with Gasteiger partial charge in [-0.25, -0.2) is 9.78 Å². The molecule has 5 rings (SSSR count). The van der Waals surface area contributed by atoms with Crippen molar-refractivity contribution in [2.75, 3.05) is 56.2 Å². The number of aromatic nitrogens is 2. The predicted molar refractivity (Wildman–Crippen MR) is 124 cm³/mol. The Labute approximate surface area is 191 Å². The number of ether oxygens (including phenoxy) is 2. The number of fused-ring (bicyclic) bond motifs is 1. The molecule has 4 heterocycles. The summed E-state index contributed by atoms with van der Waals surface area (Å²) < 4.78 is 10.9. The summed E-state index contributed by atoms with van der Waals surface area (Å²) in [5.74, 6) is 0.572. The number of hydrogen-bond donors (Lipinski definition) is 0. The second-order valence-electron chi connectivity index (χ2n) is 8.12. The molecule has 2 saturated heterocycles. The molecular formula is C24H24N6O3. The Kier molecular flexibility index (Phi) is 5.67. The van der Waals surface area contributed by atoms with Crippen molar-refractivity contribution in [2.45, 2.75) is 6.10 Å². The second-order valence-corrected chi connectivity index (χ2v) is 8.12. The third-order valence-electron chi connectivity index (χ3n) is 6.08. The molecule has 0 radical (unpaired) electrons. The number of carbonyl (C=O) groups is 1. The number of cyclic esters (lactones) is 1. The first-order chi connectivity index (χ1) is 16.1. The second kappa shape index (κ2) is 8.92. The number of hydrogen-bond acceptors (Lipinski definition) is 8. The van der Waals surface area contributed by atoms with Crippen LogP contribution in [-0.2, 0) is 4.74 Å². The van der Waals surface area contributed by atoms with Crippen LogP contribution in [0.2, 0.25) is 0 Å². The minimum Gasteiger partial charge on any atom is -0.481 e. The number of carbonyl (C=O) groups excluding carboxylic acids is 1. The zero-order valence-electron chi connectivity index (χ0n) is 18.3. The van der Waals surface area contributed by atoms with E-state index in [9.17, 15) is 4.79 Å². The smallest absolute Gasteiger partial charge is 0.414 e. The molecular weight excluding hydrogens is 420 g/mol. The summed E-state index contributed by atoms with van der Waals surface area (Å²) in [6, 6.07) is 14.9. The van der Waals surface area contributed by atoms with Crippen LogP contribution in [0.3, 0.4) is 0 Å². The Bertz CT molecular complexity index is 1220. The van der Waals surface area contributed by atoms with Gasteiger partial charge >= 0.3 is 6.09 Å². The Morgan fingerprint density at radius 1 is 1.18 bits per heavy atom. The van der Waals surface area contributed by atoms with E-state index in [1.807, 2.05) is 30.5 Å². The van der Waals surface area contributed by atoms with Gasteiger partial charge in [0.15, 0.2) is 0 Å². The van der Waals surface area contributed by atoms with Crippen molar-refractivity contribution in [3.05, 3.63) is 54.2 Å². The average Bonchev–Trinajstić information content (AvgIpc) is 3.23. The molecule has 0 saturated carbocycles. The summed E-state index contributed by atoms with van der Waals surface area (Å²) in [7, 11) is 1.61. The summed E-state index contributed by atoms with van der Waals surface area (Å²) in [6.45, 7) is 4.54. The molecule has 0 N–H and O–H groups in total. The van der Waals surface area contributed by atoms with E-state index in [0.717, 1.165) is 42.9 Å². The Morgan fingerprint density at radius 3 is 2.82 bits per heavy atom. The number of methoxy groups -OCH3 is 1. The number of benzene rings is 1. The number of amides is 1. The fourth-order valence-corrected chi connectivity index (χ4v) is 4.39. The molecule has 0 bridgehead atoms. The highest BCUT2D eigenvalue weighted by molar-refractivity contribution is 5.90. The maximum absolute atomic E-state index is 12.4. The molecule has 0 aliphatic carbocycles. The van der Waals surface area contributed by atoms with Crippen molar-refractivity contribution < 1.29 is 14.3 Å². The van der Waals surface area contributed by atoms with E-state index in [-0.39, 0.29) is 12.2 Å². The van der Waals surface area contributed by atoms with Crippen molar-refractivity contribution in [2.24, 2.45) is 0 Å². The number of nitrogens with zero attached hydrogens (tertiary/aromatic N) is 6. The van der Waals surface area contributed by atoms with Crippen LogP contribution in [0.4, 0.5) is 16.2 Å². The summed E-state index contributed by atoms with van der Waals surface area (Å²) in [6.07, 6.45) is 1.24. The maximum atomic E-state index is 12.4. The lowest BCUT2D eigenvalue weighted by atomic mass is 10.2. The standard InChI is InChI=1S/C24H24N6O3/c1-32-22-6-5-20-23(27-22)21(7-8-26-20)29-11-9-28(10-12-29)15-19-16-30(24(31)33-19)18-4-2-3-17(13-18)14-25/h2-8,13,19H,9-12,15-16H2,1H3/t19-/m1/s1. The van der Waals surface area contributed by atoms with E-state index in [1.54, 1.807) is 30.2 Å².